The Balaban J connectivity index is 2.12. The van der Waals surface area contributed by atoms with Gasteiger partial charge in [0.15, 0.2) is 0 Å². The number of nitriles is 1. The second kappa shape index (κ2) is 5.26. The van der Waals surface area contributed by atoms with Crippen LogP contribution in [0.3, 0.4) is 0 Å². The van der Waals surface area contributed by atoms with Crippen LogP contribution in [0.1, 0.15) is 24.4 Å². The molecule has 1 N–H and O–H groups in total. The number of nitrogens with zero attached hydrogens (tertiary/aromatic N) is 2. The first-order valence-electron chi connectivity index (χ1n) is 5.75. The van der Waals surface area contributed by atoms with E-state index in [0.717, 1.165) is 5.56 Å². The summed E-state index contributed by atoms with van der Waals surface area (Å²) in [5.41, 5.74) is 1.00. The summed E-state index contributed by atoms with van der Waals surface area (Å²) in [6.45, 7) is 1.24. The predicted molar refractivity (Wildman–Crippen MR) is 61.6 cm³/mol. The summed E-state index contributed by atoms with van der Waals surface area (Å²) in [6, 6.07) is 8.56. The largest absolute Gasteiger partial charge is 0.392 e. The molecular weight excluding hydrogens is 219 g/mol. The van der Waals surface area contributed by atoms with E-state index in [1.807, 2.05) is 0 Å². The lowest BCUT2D eigenvalue weighted by Gasteiger charge is -2.23. The van der Waals surface area contributed by atoms with Crippen LogP contribution in [0, 0.1) is 17.1 Å². The quantitative estimate of drug-likeness (QED) is 0.868. The molecule has 1 saturated heterocycles. The summed E-state index contributed by atoms with van der Waals surface area (Å²) >= 11 is 0. The Kier molecular flexibility index (Phi) is 3.72. The minimum absolute atomic E-state index is 0.0962. The van der Waals surface area contributed by atoms with Gasteiger partial charge in [-0.25, -0.2) is 4.39 Å². The second-order valence-corrected chi connectivity index (χ2v) is 4.36. The van der Waals surface area contributed by atoms with E-state index >= 15 is 0 Å². The zero-order valence-corrected chi connectivity index (χ0v) is 9.51. The van der Waals surface area contributed by atoms with E-state index in [1.165, 1.54) is 12.1 Å². The average molecular weight is 234 g/mol. The van der Waals surface area contributed by atoms with Crippen LogP contribution in [-0.4, -0.2) is 29.2 Å². The number of hydrogen-bond acceptors (Lipinski definition) is 3. The van der Waals surface area contributed by atoms with E-state index in [0.29, 0.717) is 25.9 Å². The molecule has 0 unspecified atom stereocenters. The van der Waals surface area contributed by atoms with Crippen molar-refractivity contribution in [2.45, 2.75) is 25.0 Å². The maximum Gasteiger partial charge on any atom is 0.123 e. The third kappa shape index (κ3) is 2.82. The lowest BCUT2D eigenvalue weighted by molar-refractivity contribution is 0.176. The number of aliphatic hydroxyl groups is 1. The minimum atomic E-state index is -0.358. The summed E-state index contributed by atoms with van der Waals surface area (Å²) in [4.78, 5) is 2.08. The molecule has 2 rings (SSSR count). The Hall–Kier alpha value is -1.44. The molecule has 4 heteroatoms. The maximum absolute atomic E-state index is 12.8. The van der Waals surface area contributed by atoms with Gasteiger partial charge in [-0.3, -0.25) is 4.90 Å². The smallest absolute Gasteiger partial charge is 0.123 e. The number of hydrogen-bond donors (Lipinski definition) is 1. The molecule has 0 amide bonds. The van der Waals surface area contributed by atoms with Crippen molar-refractivity contribution in [3.05, 3.63) is 35.6 Å². The zero-order valence-electron chi connectivity index (χ0n) is 9.51. The van der Waals surface area contributed by atoms with Crippen LogP contribution in [0.5, 0.6) is 0 Å². The minimum Gasteiger partial charge on any atom is -0.392 e. The van der Waals surface area contributed by atoms with Crippen LogP contribution in [0.25, 0.3) is 0 Å². The first-order valence-corrected chi connectivity index (χ1v) is 5.75. The molecule has 1 aliphatic rings. The average Bonchev–Trinajstić information content (AvgIpc) is 2.69. The predicted octanol–water partition coefficient (Wildman–Crippen LogP) is 1.85. The third-order valence-electron chi connectivity index (χ3n) is 3.15. The fourth-order valence-corrected chi connectivity index (χ4v) is 2.35. The van der Waals surface area contributed by atoms with Gasteiger partial charge in [0.05, 0.1) is 12.2 Å². The molecule has 17 heavy (non-hydrogen) atoms. The van der Waals surface area contributed by atoms with E-state index in [-0.39, 0.29) is 18.0 Å². The molecule has 1 aromatic carbocycles. The van der Waals surface area contributed by atoms with Crippen molar-refractivity contribution in [3.63, 3.8) is 0 Å². The summed E-state index contributed by atoms with van der Waals surface area (Å²) in [5.74, 6) is -0.254. The van der Waals surface area contributed by atoms with Gasteiger partial charge < -0.3 is 5.11 Å². The first kappa shape index (κ1) is 12.0. The van der Waals surface area contributed by atoms with Gasteiger partial charge in [0.1, 0.15) is 5.82 Å². The molecule has 2 atom stereocenters. The number of aliphatic hydroxyl groups excluding tert-OH is 1. The Labute approximate surface area is 100 Å². The lowest BCUT2D eigenvalue weighted by atomic mass is 10.0. The molecule has 0 spiro atoms. The fraction of sp³-hybridized carbons (Fsp3) is 0.462. The van der Waals surface area contributed by atoms with Crippen molar-refractivity contribution in [2.75, 3.05) is 13.1 Å². The number of benzene rings is 1. The van der Waals surface area contributed by atoms with E-state index < -0.39 is 0 Å². The van der Waals surface area contributed by atoms with Crippen LogP contribution in [0.4, 0.5) is 4.39 Å². The molecule has 1 fully saturated rings. The molecule has 0 aliphatic carbocycles. The van der Waals surface area contributed by atoms with Crippen LogP contribution < -0.4 is 0 Å². The third-order valence-corrected chi connectivity index (χ3v) is 3.15. The van der Waals surface area contributed by atoms with Crippen molar-refractivity contribution >= 4 is 0 Å². The van der Waals surface area contributed by atoms with Gasteiger partial charge in [0.25, 0.3) is 0 Å². The van der Waals surface area contributed by atoms with E-state index in [1.54, 1.807) is 12.1 Å². The van der Waals surface area contributed by atoms with Crippen LogP contribution in [-0.2, 0) is 0 Å². The molecule has 3 nitrogen and oxygen atoms in total. The molecule has 1 aliphatic heterocycles. The second-order valence-electron chi connectivity index (χ2n) is 4.36. The summed E-state index contributed by atoms with van der Waals surface area (Å²) in [6.07, 6.45) is 0.741. The number of halogens is 1. The van der Waals surface area contributed by atoms with E-state index in [4.69, 9.17) is 5.26 Å². The van der Waals surface area contributed by atoms with Gasteiger partial charge in [-0.15, -0.1) is 0 Å². The SMILES string of the molecule is N#CCCN1C[C@@H](O)C[C@H]1c1ccc(F)cc1. The zero-order chi connectivity index (χ0) is 12.3. The molecule has 90 valence electrons. The molecule has 0 aromatic heterocycles. The van der Waals surface area contributed by atoms with Gasteiger partial charge in [-0.05, 0) is 24.1 Å². The first-order chi connectivity index (χ1) is 8.20. The van der Waals surface area contributed by atoms with Crippen LogP contribution in [0.2, 0.25) is 0 Å². The van der Waals surface area contributed by atoms with Gasteiger partial charge in [0, 0.05) is 25.6 Å². The molecule has 0 bridgehead atoms. The Bertz CT molecular complexity index is 412. The Morgan fingerprint density at radius 1 is 1.41 bits per heavy atom. The van der Waals surface area contributed by atoms with Crippen molar-refractivity contribution in [1.29, 1.82) is 5.26 Å². The lowest BCUT2D eigenvalue weighted by Crippen LogP contribution is -2.25. The standard InChI is InChI=1S/C13H15FN2O/c14-11-4-2-10(3-5-11)13-8-12(17)9-16(13)7-1-6-15/h2-5,12-13,17H,1,7-9H2/t12-,13-/m0/s1. The Morgan fingerprint density at radius 3 is 2.76 bits per heavy atom. The molecule has 1 aromatic rings. The fourth-order valence-electron chi connectivity index (χ4n) is 2.35. The highest BCUT2D eigenvalue weighted by molar-refractivity contribution is 5.21. The topological polar surface area (TPSA) is 47.3 Å². The highest BCUT2D eigenvalue weighted by Gasteiger charge is 2.31. The summed E-state index contributed by atoms with van der Waals surface area (Å²) in [5, 5.41) is 18.3. The normalized spacial score (nSPS) is 24.8. The maximum atomic E-state index is 12.8. The van der Waals surface area contributed by atoms with Gasteiger partial charge in [-0.1, -0.05) is 12.1 Å². The van der Waals surface area contributed by atoms with Gasteiger partial charge in [0.2, 0.25) is 0 Å². The monoisotopic (exact) mass is 234 g/mol. The highest BCUT2D eigenvalue weighted by Crippen LogP contribution is 2.32. The number of rotatable bonds is 3. The van der Waals surface area contributed by atoms with Gasteiger partial charge in [-0.2, -0.15) is 5.26 Å². The summed E-state index contributed by atoms with van der Waals surface area (Å²) in [7, 11) is 0. The van der Waals surface area contributed by atoms with Crippen molar-refractivity contribution in [1.82, 2.24) is 4.90 Å². The van der Waals surface area contributed by atoms with Crippen LogP contribution in [0.15, 0.2) is 24.3 Å². The number of β-amino-alcohol motifs (C(OH)–C–C–N with tert-alkyl or cyclic N) is 1. The van der Waals surface area contributed by atoms with Gasteiger partial charge >= 0.3 is 0 Å². The van der Waals surface area contributed by atoms with Crippen LogP contribution >= 0.6 is 0 Å². The molecular formula is C13H15FN2O. The highest BCUT2D eigenvalue weighted by atomic mass is 19.1. The van der Waals surface area contributed by atoms with Crippen molar-refractivity contribution in [2.24, 2.45) is 0 Å². The Morgan fingerprint density at radius 2 is 2.12 bits per heavy atom. The summed E-state index contributed by atoms with van der Waals surface area (Å²) < 4.78 is 12.8. The van der Waals surface area contributed by atoms with E-state index in [2.05, 4.69) is 11.0 Å². The van der Waals surface area contributed by atoms with E-state index in [9.17, 15) is 9.50 Å². The molecule has 0 saturated carbocycles. The molecule has 0 radical (unpaired) electrons. The van der Waals surface area contributed by atoms with Crippen molar-refractivity contribution < 1.29 is 9.50 Å². The van der Waals surface area contributed by atoms with Crippen molar-refractivity contribution in [3.8, 4) is 6.07 Å². The molecule has 1 heterocycles. The number of likely N-dealkylation sites (tertiary alicyclic amines) is 1.